The third kappa shape index (κ3) is 7.54. The predicted octanol–water partition coefficient (Wildman–Crippen LogP) is 16.0. The topological polar surface area (TPSA) is 50.8 Å². The molecule has 0 atom stereocenters. The van der Waals surface area contributed by atoms with E-state index in [4.69, 9.17) is 0 Å². The first-order valence-electron chi connectivity index (χ1n) is 19.9. The van der Waals surface area contributed by atoms with Crippen LogP contribution in [-0.4, -0.2) is 0 Å². The highest BCUT2D eigenvalue weighted by atomic mass is 32.1. The number of unbranched alkanes of at least 4 members (excludes halogenated alkanes) is 2. The fraction of sp³-hybridized carbons (Fsp3) is 0.216. The molecule has 0 unspecified atom stereocenters. The maximum atomic E-state index is 9.18. The molecule has 8 rings (SSSR count). The van der Waals surface area contributed by atoms with Crippen LogP contribution in [0.4, 0.5) is 17.1 Å². The van der Waals surface area contributed by atoms with Gasteiger partial charge in [0.15, 0.2) is 0 Å². The molecule has 0 bridgehead atoms. The molecule has 0 saturated heterocycles. The molecule has 0 spiro atoms. The average Bonchev–Trinajstić information content (AvgIpc) is 4.06. The van der Waals surface area contributed by atoms with Crippen molar-refractivity contribution in [1.29, 1.82) is 10.5 Å². The van der Waals surface area contributed by atoms with E-state index in [1.165, 1.54) is 88.4 Å². The van der Waals surface area contributed by atoms with Crippen LogP contribution in [0.2, 0.25) is 0 Å². The molecule has 7 aromatic rings. The van der Waals surface area contributed by atoms with Crippen molar-refractivity contribution in [2.75, 3.05) is 4.90 Å². The maximum Gasteiger partial charge on any atom is 0.131 e. The second-order valence-corrected chi connectivity index (χ2v) is 18.4. The summed E-state index contributed by atoms with van der Waals surface area (Å²) in [6.45, 7) is 8.95. The minimum atomic E-state index is -0.0618. The van der Waals surface area contributed by atoms with Gasteiger partial charge >= 0.3 is 0 Å². The lowest BCUT2D eigenvalue weighted by molar-refractivity contribution is 0.414. The monoisotopic (exact) mass is 795 g/mol. The Morgan fingerprint density at radius 1 is 0.561 bits per heavy atom. The Bertz CT molecular complexity index is 2590. The van der Waals surface area contributed by atoms with Gasteiger partial charge in [0.1, 0.15) is 17.7 Å². The molecule has 3 heterocycles. The van der Waals surface area contributed by atoms with Crippen molar-refractivity contribution in [2.24, 2.45) is 0 Å². The number of nitrogens with zero attached hydrogens (tertiary/aromatic N) is 3. The lowest BCUT2D eigenvalue weighted by atomic mass is 9.70. The highest BCUT2D eigenvalue weighted by Gasteiger charge is 2.43. The molecular weight excluding hydrogens is 751 g/mol. The van der Waals surface area contributed by atoms with Gasteiger partial charge in [-0.1, -0.05) is 93.1 Å². The molecular formula is C51H45N3S3. The largest absolute Gasteiger partial charge is 0.310 e. The lowest BCUT2D eigenvalue weighted by Crippen LogP contribution is -2.26. The van der Waals surface area contributed by atoms with E-state index >= 15 is 0 Å². The van der Waals surface area contributed by atoms with Crippen molar-refractivity contribution in [2.45, 2.75) is 71.6 Å². The van der Waals surface area contributed by atoms with Crippen LogP contribution in [0, 0.1) is 36.5 Å². The van der Waals surface area contributed by atoms with Crippen molar-refractivity contribution >= 4 is 57.1 Å². The van der Waals surface area contributed by atoms with Gasteiger partial charge in [-0.2, -0.15) is 10.5 Å². The van der Waals surface area contributed by atoms with E-state index in [0.29, 0.717) is 0 Å². The summed E-state index contributed by atoms with van der Waals surface area (Å²) in [5.74, 6) is 0. The van der Waals surface area contributed by atoms with Crippen LogP contribution in [0.15, 0.2) is 127 Å². The summed E-state index contributed by atoms with van der Waals surface area (Å²) < 4.78 is 0. The number of allylic oxidation sites excluding steroid dienone is 1. The Hall–Kier alpha value is -5.50. The summed E-state index contributed by atoms with van der Waals surface area (Å²) >= 11 is 5.26. The zero-order chi connectivity index (χ0) is 39.5. The van der Waals surface area contributed by atoms with Crippen LogP contribution < -0.4 is 4.90 Å². The van der Waals surface area contributed by atoms with Gasteiger partial charge in [0.05, 0.1) is 0 Å². The predicted molar refractivity (Wildman–Crippen MR) is 245 cm³/mol. The minimum Gasteiger partial charge on any atom is -0.310 e. The number of nitriles is 2. The SMILES string of the molecule is CCCCC1(CCCC)c2cc(-c3ccc(-c4ccc(-c5ccc(C=C(C#N)C#N)s5)s4)s3)ccc2-c2ccc(N(c3ccc(C)cc3)c3ccc(C)cc3)cc21. The van der Waals surface area contributed by atoms with Gasteiger partial charge in [-0.25, -0.2) is 0 Å². The Morgan fingerprint density at radius 2 is 1.04 bits per heavy atom. The van der Waals surface area contributed by atoms with Gasteiger partial charge in [-0.3, -0.25) is 0 Å². The number of hydrogen-bond donors (Lipinski definition) is 0. The Labute approximate surface area is 349 Å². The zero-order valence-electron chi connectivity index (χ0n) is 32.9. The molecule has 0 amide bonds. The highest BCUT2D eigenvalue weighted by Crippen LogP contribution is 2.56. The van der Waals surface area contributed by atoms with Crippen LogP contribution in [0.25, 0.3) is 47.2 Å². The zero-order valence-corrected chi connectivity index (χ0v) is 35.4. The van der Waals surface area contributed by atoms with Gasteiger partial charge in [0.25, 0.3) is 0 Å². The van der Waals surface area contributed by atoms with Gasteiger partial charge < -0.3 is 4.90 Å². The summed E-state index contributed by atoms with van der Waals surface area (Å²) in [5, 5.41) is 18.4. The second kappa shape index (κ2) is 16.5. The van der Waals surface area contributed by atoms with Gasteiger partial charge in [0, 0.05) is 51.7 Å². The number of hydrogen-bond acceptors (Lipinski definition) is 6. The molecule has 0 saturated carbocycles. The molecule has 0 fully saturated rings. The number of rotatable bonds is 13. The first kappa shape index (κ1) is 38.4. The molecule has 3 aromatic heterocycles. The van der Waals surface area contributed by atoms with E-state index in [1.54, 1.807) is 28.7 Å². The molecule has 0 radical (unpaired) electrons. The van der Waals surface area contributed by atoms with Crippen LogP contribution in [0.1, 0.15) is 79.5 Å². The molecule has 6 heteroatoms. The van der Waals surface area contributed by atoms with E-state index in [-0.39, 0.29) is 11.0 Å². The number of benzene rings is 4. The first-order valence-corrected chi connectivity index (χ1v) is 22.3. The Morgan fingerprint density at radius 3 is 1.60 bits per heavy atom. The second-order valence-electron chi connectivity index (χ2n) is 15.1. The minimum absolute atomic E-state index is 0.0618. The molecule has 282 valence electrons. The van der Waals surface area contributed by atoms with Crippen molar-refractivity contribution in [3.8, 4) is 53.2 Å². The summed E-state index contributed by atoms with van der Waals surface area (Å²) in [5.41, 5.74) is 13.1. The average molecular weight is 796 g/mol. The van der Waals surface area contributed by atoms with E-state index in [0.717, 1.165) is 35.4 Å². The molecule has 57 heavy (non-hydrogen) atoms. The maximum absolute atomic E-state index is 9.18. The van der Waals surface area contributed by atoms with E-state index in [1.807, 2.05) is 29.5 Å². The number of fused-ring (bicyclic) bond motifs is 3. The standard InChI is InChI=1S/C51H45N3S3/c1-5-7-27-51(28-8-6-2)44-30-37(46-23-24-49(56-46)50-26-25-48(57-50)47-22-19-41(55-47)29-36(32-52)33-53)13-20-42(44)43-21-18-40(31-45(43)51)54(38-14-9-34(3)10-15-38)39-16-11-35(4)12-17-39/h9-26,29-31H,5-8,27-28H2,1-4H3. The van der Waals surface area contributed by atoms with E-state index < -0.39 is 0 Å². The fourth-order valence-electron chi connectivity index (χ4n) is 8.25. The van der Waals surface area contributed by atoms with E-state index in [9.17, 15) is 10.5 Å². The van der Waals surface area contributed by atoms with Crippen LogP contribution >= 0.6 is 34.0 Å². The van der Waals surface area contributed by atoms with Crippen LogP contribution in [-0.2, 0) is 5.41 Å². The fourth-order valence-corrected chi connectivity index (χ4v) is 11.4. The Balaban J connectivity index is 1.17. The van der Waals surface area contributed by atoms with Crippen LogP contribution in [0.5, 0.6) is 0 Å². The number of aryl methyl sites for hydroxylation is 2. The Kier molecular flexibility index (Phi) is 11.1. The first-order chi connectivity index (χ1) is 27.8. The highest BCUT2D eigenvalue weighted by molar-refractivity contribution is 7.27. The summed E-state index contributed by atoms with van der Waals surface area (Å²) in [7, 11) is 0. The van der Waals surface area contributed by atoms with Gasteiger partial charge in [0.2, 0.25) is 0 Å². The molecule has 0 aliphatic heterocycles. The van der Waals surface area contributed by atoms with Crippen molar-refractivity contribution in [3.63, 3.8) is 0 Å². The molecule has 0 N–H and O–H groups in total. The third-order valence-corrected chi connectivity index (χ3v) is 14.9. The van der Waals surface area contributed by atoms with Crippen molar-refractivity contribution in [3.05, 3.63) is 154 Å². The van der Waals surface area contributed by atoms with Gasteiger partial charge in [-0.05, 0) is 139 Å². The number of thiophene rings is 3. The molecule has 1 aliphatic rings. The normalized spacial score (nSPS) is 12.4. The summed E-state index contributed by atoms with van der Waals surface area (Å²) in [6, 6.07) is 49.3. The molecule has 1 aliphatic carbocycles. The molecule has 4 aromatic carbocycles. The summed E-state index contributed by atoms with van der Waals surface area (Å²) in [4.78, 5) is 9.46. The number of anilines is 3. The smallest absolute Gasteiger partial charge is 0.131 e. The van der Waals surface area contributed by atoms with Crippen LogP contribution in [0.3, 0.4) is 0 Å². The van der Waals surface area contributed by atoms with Gasteiger partial charge in [-0.15, -0.1) is 34.0 Å². The lowest BCUT2D eigenvalue weighted by Gasteiger charge is -2.34. The van der Waals surface area contributed by atoms with Crippen molar-refractivity contribution in [1.82, 2.24) is 0 Å². The summed E-state index contributed by atoms with van der Waals surface area (Å²) in [6.07, 6.45) is 8.62. The van der Waals surface area contributed by atoms with Crippen molar-refractivity contribution < 1.29 is 0 Å². The third-order valence-electron chi connectivity index (χ3n) is 11.2. The quantitative estimate of drug-likeness (QED) is 0.109. The van der Waals surface area contributed by atoms with E-state index in [2.05, 4.69) is 148 Å². The molecule has 3 nitrogen and oxygen atoms in total.